The van der Waals surface area contributed by atoms with Gasteiger partial charge in [0.1, 0.15) is 0 Å². The van der Waals surface area contributed by atoms with Crippen LogP contribution in [0.25, 0.3) is 10.4 Å². The third kappa shape index (κ3) is 2.86. The summed E-state index contributed by atoms with van der Waals surface area (Å²) in [5, 5.41) is 0. The molecule has 0 aliphatic carbocycles. The van der Waals surface area contributed by atoms with Crippen molar-refractivity contribution >= 4 is 17.0 Å². The summed E-state index contributed by atoms with van der Waals surface area (Å²) in [6.45, 7) is 8.16. The Morgan fingerprint density at radius 1 is 1.00 bits per heavy atom. The van der Waals surface area contributed by atoms with Gasteiger partial charge in [0.25, 0.3) is 0 Å². The molecule has 0 aliphatic heterocycles. The van der Waals surface area contributed by atoms with Crippen LogP contribution in [0, 0.1) is 13.8 Å². The van der Waals surface area contributed by atoms with E-state index >= 15 is 0 Å². The molecule has 1 aromatic heterocycles. The third-order valence-corrected chi connectivity index (χ3v) is 3.34. The normalized spacial score (nSPS) is 9.50. The first-order valence-corrected chi connectivity index (χ1v) is 6.41. The van der Waals surface area contributed by atoms with Gasteiger partial charge in [-0.2, -0.15) is 0 Å². The summed E-state index contributed by atoms with van der Waals surface area (Å²) in [6.07, 6.45) is 0. The second-order valence-electron chi connectivity index (χ2n) is 3.48. The van der Waals surface area contributed by atoms with Crippen LogP contribution in [0.3, 0.4) is 0 Å². The van der Waals surface area contributed by atoms with Crippen molar-refractivity contribution in [2.24, 2.45) is 0 Å². The minimum atomic E-state index is 0.863. The highest BCUT2D eigenvalue weighted by atomic mass is 32.1. The van der Waals surface area contributed by atoms with Gasteiger partial charge >= 0.3 is 0 Å². The van der Waals surface area contributed by atoms with Gasteiger partial charge in [0.15, 0.2) is 0 Å². The molecular weight excluding hydrogens is 214 g/mol. The molecule has 0 bridgehead atoms. The molecule has 1 aromatic carbocycles. The minimum absolute atomic E-state index is 0.863. The molecule has 1 nitrogen and oxygen atoms in total. The molecule has 0 fully saturated rings. The maximum absolute atomic E-state index is 5.78. The number of rotatable bonds is 1. The maximum Gasteiger partial charge on any atom is 0.0345 e. The molecule has 0 saturated heterocycles. The SMILES string of the molecule is CC.Cc1ccc(-c2ccc(N)c(C)c2)s1. The van der Waals surface area contributed by atoms with E-state index in [4.69, 9.17) is 5.73 Å². The van der Waals surface area contributed by atoms with E-state index in [1.54, 1.807) is 0 Å². The fraction of sp³-hybridized carbons (Fsp3) is 0.286. The number of hydrogen-bond donors (Lipinski definition) is 1. The van der Waals surface area contributed by atoms with Crippen molar-refractivity contribution in [1.82, 2.24) is 0 Å². The lowest BCUT2D eigenvalue weighted by atomic mass is 10.1. The smallest absolute Gasteiger partial charge is 0.0345 e. The molecule has 2 rings (SSSR count). The van der Waals surface area contributed by atoms with Crippen molar-refractivity contribution < 1.29 is 0 Å². The summed E-state index contributed by atoms with van der Waals surface area (Å²) in [6, 6.07) is 10.5. The van der Waals surface area contributed by atoms with Crippen LogP contribution in [-0.2, 0) is 0 Å². The van der Waals surface area contributed by atoms with Gasteiger partial charge in [-0.3, -0.25) is 0 Å². The van der Waals surface area contributed by atoms with Crippen LogP contribution in [0.2, 0.25) is 0 Å². The van der Waals surface area contributed by atoms with E-state index in [9.17, 15) is 0 Å². The van der Waals surface area contributed by atoms with Gasteiger partial charge in [0.05, 0.1) is 0 Å². The molecule has 2 heteroatoms. The zero-order valence-corrected chi connectivity index (χ0v) is 11.2. The summed E-state index contributed by atoms with van der Waals surface area (Å²) < 4.78 is 0. The van der Waals surface area contributed by atoms with Gasteiger partial charge in [-0.25, -0.2) is 0 Å². The largest absolute Gasteiger partial charge is 0.399 e. The Balaban J connectivity index is 0.000000606. The predicted molar refractivity (Wildman–Crippen MR) is 75.0 cm³/mol. The molecule has 2 N–H and O–H groups in total. The second-order valence-corrected chi connectivity index (χ2v) is 4.77. The standard InChI is InChI=1S/C12H13NS.C2H6/c1-8-7-10(4-5-11(8)13)12-6-3-9(2)14-12;1-2/h3-7H,13H2,1-2H3;1-2H3. The van der Waals surface area contributed by atoms with Crippen LogP contribution < -0.4 is 5.73 Å². The van der Waals surface area contributed by atoms with E-state index in [0.29, 0.717) is 0 Å². The summed E-state index contributed by atoms with van der Waals surface area (Å²) >= 11 is 1.81. The van der Waals surface area contributed by atoms with Gasteiger partial charge in [-0.05, 0) is 49.2 Å². The Hall–Kier alpha value is -1.28. The van der Waals surface area contributed by atoms with Gasteiger partial charge in [0, 0.05) is 15.4 Å². The zero-order valence-electron chi connectivity index (χ0n) is 10.4. The fourth-order valence-corrected chi connectivity index (χ4v) is 2.28. The van der Waals surface area contributed by atoms with Crippen LogP contribution in [-0.4, -0.2) is 0 Å². The number of benzene rings is 1. The zero-order chi connectivity index (χ0) is 12.1. The first-order chi connectivity index (χ1) is 7.66. The first kappa shape index (κ1) is 12.8. The lowest BCUT2D eigenvalue weighted by Gasteiger charge is -2.02. The third-order valence-electron chi connectivity index (χ3n) is 2.29. The lowest BCUT2D eigenvalue weighted by molar-refractivity contribution is 1.47. The highest BCUT2D eigenvalue weighted by molar-refractivity contribution is 7.15. The Morgan fingerprint density at radius 2 is 1.69 bits per heavy atom. The Kier molecular flexibility index (Phi) is 4.56. The Morgan fingerprint density at radius 3 is 2.19 bits per heavy atom. The average Bonchev–Trinajstić information content (AvgIpc) is 2.72. The molecule has 2 aromatic rings. The summed E-state index contributed by atoms with van der Waals surface area (Å²) in [4.78, 5) is 2.65. The first-order valence-electron chi connectivity index (χ1n) is 5.60. The fourth-order valence-electron chi connectivity index (χ4n) is 1.42. The number of hydrogen-bond acceptors (Lipinski definition) is 2. The van der Waals surface area contributed by atoms with Crippen molar-refractivity contribution in [2.75, 3.05) is 5.73 Å². The second kappa shape index (κ2) is 5.71. The van der Waals surface area contributed by atoms with Crippen LogP contribution in [0.5, 0.6) is 0 Å². The molecule has 0 saturated carbocycles. The lowest BCUT2D eigenvalue weighted by Crippen LogP contribution is -1.88. The van der Waals surface area contributed by atoms with E-state index in [1.807, 2.05) is 38.2 Å². The van der Waals surface area contributed by atoms with Gasteiger partial charge < -0.3 is 5.73 Å². The van der Waals surface area contributed by atoms with Gasteiger partial charge in [0.2, 0.25) is 0 Å². The van der Waals surface area contributed by atoms with E-state index in [2.05, 4.69) is 31.2 Å². The van der Waals surface area contributed by atoms with Gasteiger partial charge in [-0.15, -0.1) is 11.3 Å². The summed E-state index contributed by atoms with van der Waals surface area (Å²) in [5.74, 6) is 0. The number of nitrogens with two attached hydrogens (primary N) is 1. The predicted octanol–water partition coefficient (Wildman–Crippen LogP) is 4.64. The molecule has 0 radical (unpaired) electrons. The number of aryl methyl sites for hydroxylation is 2. The quantitative estimate of drug-likeness (QED) is 0.713. The van der Waals surface area contributed by atoms with Crippen molar-refractivity contribution in [1.29, 1.82) is 0 Å². The number of anilines is 1. The molecule has 16 heavy (non-hydrogen) atoms. The Bertz CT molecular complexity index is 458. The van der Waals surface area contributed by atoms with Crippen molar-refractivity contribution in [2.45, 2.75) is 27.7 Å². The molecule has 0 unspecified atom stereocenters. The molecule has 86 valence electrons. The topological polar surface area (TPSA) is 26.0 Å². The molecule has 0 aliphatic rings. The van der Waals surface area contributed by atoms with E-state index in [1.165, 1.54) is 15.3 Å². The summed E-state index contributed by atoms with van der Waals surface area (Å²) in [7, 11) is 0. The summed E-state index contributed by atoms with van der Waals surface area (Å²) in [5.41, 5.74) is 9.04. The van der Waals surface area contributed by atoms with Gasteiger partial charge in [-0.1, -0.05) is 19.9 Å². The van der Waals surface area contributed by atoms with Crippen molar-refractivity contribution in [3.8, 4) is 10.4 Å². The highest BCUT2D eigenvalue weighted by Crippen LogP contribution is 2.29. The van der Waals surface area contributed by atoms with E-state index < -0.39 is 0 Å². The van der Waals surface area contributed by atoms with Crippen LogP contribution in [0.15, 0.2) is 30.3 Å². The molecule has 1 heterocycles. The van der Waals surface area contributed by atoms with E-state index in [0.717, 1.165) is 11.3 Å². The monoisotopic (exact) mass is 233 g/mol. The average molecular weight is 233 g/mol. The number of thiophene rings is 1. The highest BCUT2D eigenvalue weighted by Gasteiger charge is 2.01. The molecule has 0 amide bonds. The van der Waals surface area contributed by atoms with E-state index in [-0.39, 0.29) is 0 Å². The van der Waals surface area contributed by atoms with Crippen molar-refractivity contribution in [3.05, 3.63) is 40.8 Å². The molecular formula is C14H19NS. The number of nitrogen functional groups attached to an aromatic ring is 1. The maximum atomic E-state index is 5.78. The van der Waals surface area contributed by atoms with Crippen LogP contribution >= 0.6 is 11.3 Å². The molecule has 0 spiro atoms. The van der Waals surface area contributed by atoms with Crippen molar-refractivity contribution in [3.63, 3.8) is 0 Å². The molecule has 0 atom stereocenters. The van der Waals surface area contributed by atoms with Crippen LogP contribution in [0.4, 0.5) is 5.69 Å². The minimum Gasteiger partial charge on any atom is -0.399 e. The Labute approximate surface area is 102 Å². The van der Waals surface area contributed by atoms with Crippen LogP contribution in [0.1, 0.15) is 24.3 Å².